The Morgan fingerprint density at radius 1 is 0.593 bits per heavy atom. The van der Waals surface area contributed by atoms with Crippen LogP contribution in [0, 0.1) is 39.0 Å². The summed E-state index contributed by atoms with van der Waals surface area (Å²) in [4.78, 5) is 36.7. The van der Waals surface area contributed by atoms with E-state index in [4.69, 9.17) is 18.4 Å². The second kappa shape index (κ2) is 27.4. The largest absolute Gasteiger partial charge is 0.521 e. The number of benzene rings is 4. The summed E-state index contributed by atoms with van der Waals surface area (Å²) in [6.45, 7) is 30.4. The van der Waals surface area contributed by atoms with Crippen molar-refractivity contribution in [1.29, 1.82) is 5.26 Å². The summed E-state index contributed by atoms with van der Waals surface area (Å²) in [6, 6.07) is 43.6. The maximum absolute atomic E-state index is 14.5. The number of hydrogen-bond acceptors (Lipinski definition) is 10. The Labute approximate surface area is 526 Å². The van der Waals surface area contributed by atoms with E-state index in [0.29, 0.717) is 39.2 Å². The number of aromatic nitrogens is 1. The highest BCUT2D eigenvalue weighted by Gasteiger charge is 2.44. The standard InChI is InChI=1S/C72H83N3O6S4Si/c1-14-79-86(80-15-2,81-16-3)45-74(32-24-19-17-18-23-27-66(76)77)70(78)54(43-73)41-61-46(4)33-63(82-61)67-48(6)35-65(84-67)69-49(7)36-64(85-69)68-47(5)34-62(83-68)52-29-31-60-58(40-52)57-39-51(28-30-59(57)75(60)44-50-25-21-20-22-26-50)53-37-55(71(8,9)10)42-56(38-53)72(11,12)13/h20-22,25-26,28-31,33-42H,14-19,23-24,27,32,44-45H2,1-13H3,(H,76,77)/b54-41+. The third-order valence-corrected chi connectivity index (χ3v) is 24.4. The number of nitrogens with zero attached hydrogens (tertiary/aromatic N) is 3. The van der Waals surface area contributed by atoms with Gasteiger partial charge in [-0.2, -0.15) is 5.26 Å². The van der Waals surface area contributed by atoms with E-state index in [9.17, 15) is 14.9 Å². The van der Waals surface area contributed by atoms with Gasteiger partial charge >= 0.3 is 14.8 Å². The first-order valence-corrected chi connectivity index (χ1v) is 35.5. The van der Waals surface area contributed by atoms with Gasteiger partial charge in [-0.3, -0.25) is 9.59 Å². The predicted octanol–water partition coefficient (Wildman–Crippen LogP) is 20.0. The van der Waals surface area contributed by atoms with Gasteiger partial charge in [0.05, 0.1) is 6.17 Å². The number of fused-ring (bicyclic) bond motifs is 3. The Morgan fingerprint density at radius 3 is 1.62 bits per heavy atom. The molecule has 0 unspecified atom stereocenters. The van der Waals surface area contributed by atoms with Crippen molar-refractivity contribution in [1.82, 2.24) is 9.47 Å². The van der Waals surface area contributed by atoms with Crippen molar-refractivity contribution in [2.45, 2.75) is 146 Å². The first-order valence-electron chi connectivity index (χ1n) is 30.3. The second-order valence-corrected chi connectivity index (χ2v) is 31.4. The molecule has 86 heavy (non-hydrogen) atoms. The van der Waals surface area contributed by atoms with Gasteiger partial charge in [0.2, 0.25) is 0 Å². The molecule has 1 N–H and O–H groups in total. The van der Waals surface area contributed by atoms with Gasteiger partial charge in [-0.05, 0) is 182 Å². The zero-order valence-electron chi connectivity index (χ0n) is 52.4. The summed E-state index contributed by atoms with van der Waals surface area (Å²) in [5.41, 5.74) is 14.9. The van der Waals surface area contributed by atoms with Crippen LogP contribution < -0.4 is 0 Å². The van der Waals surface area contributed by atoms with E-state index in [0.717, 1.165) is 41.1 Å². The van der Waals surface area contributed by atoms with E-state index in [2.05, 4.69) is 182 Å². The number of nitriles is 1. The molecular formula is C72H83N3O6S4Si. The monoisotopic (exact) mass is 1240 g/mol. The zero-order chi connectivity index (χ0) is 61.7. The van der Waals surface area contributed by atoms with Gasteiger partial charge in [0.25, 0.3) is 5.91 Å². The molecule has 0 fully saturated rings. The van der Waals surface area contributed by atoms with Crippen LogP contribution in [0.2, 0.25) is 0 Å². The Kier molecular flexibility index (Phi) is 20.5. The van der Waals surface area contributed by atoms with Crippen molar-refractivity contribution >= 4 is 93.9 Å². The molecule has 5 heterocycles. The molecule has 14 heteroatoms. The number of carbonyl (C=O) groups is 2. The van der Waals surface area contributed by atoms with E-state index in [1.165, 1.54) is 101 Å². The molecule has 450 valence electrons. The van der Waals surface area contributed by atoms with Crippen LogP contribution in [0.1, 0.15) is 145 Å². The number of carboxylic acid groups (broad SMARTS) is 1. The number of carbonyl (C=O) groups excluding carboxylic acids is 1. The molecule has 4 aromatic carbocycles. The van der Waals surface area contributed by atoms with Crippen LogP contribution in [0.4, 0.5) is 0 Å². The highest BCUT2D eigenvalue weighted by molar-refractivity contribution is 7.29. The van der Waals surface area contributed by atoms with Crippen LogP contribution in [0.3, 0.4) is 0 Å². The van der Waals surface area contributed by atoms with Gasteiger partial charge in [-0.25, -0.2) is 0 Å². The third-order valence-electron chi connectivity index (χ3n) is 15.9. The van der Waals surface area contributed by atoms with Crippen LogP contribution in [-0.2, 0) is 40.2 Å². The van der Waals surface area contributed by atoms with Gasteiger partial charge in [0, 0.05) is 100 Å². The summed E-state index contributed by atoms with van der Waals surface area (Å²) >= 11 is 7.12. The number of aliphatic carboxylic acids is 1. The molecule has 9 aromatic rings. The summed E-state index contributed by atoms with van der Waals surface area (Å²) in [5.74, 6) is -1.18. The molecule has 9 rings (SSSR count). The second-order valence-electron chi connectivity index (χ2n) is 24.7. The third kappa shape index (κ3) is 14.7. The number of unbranched alkanes of at least 4 members (excludes halogenated alkanes) is 4. The smallest absolute Gasteiger partial charge is 0.481 e. The van der Waals surface area contributed by atoms with Crippen LogP contribution in [0.25, 0.3) is 78.7 Å². The molecule has 0 saturated carbocycles. The molecule has 0 aliphatic rings. The summed E-state index contributed by atoms with van der Waals surface area (Å²) in [6.07, 6.45) is 5.77. The highest BCUT2D eigenvalue weighted by atomic mass is 32.1. The Hall–Kier alpha value is -6.25. The average Bonchev–Trinajstić information content (AvgIpc) is 1.74. The number of thiophene rings is 4. The van der Waals surface area contributed by atoms with Crippen molar-refractivity contribution < 1.29 is 28.0 Å². The quantitative estimate of drug-likeness (QED) is 0.0262. The van der Waals surface area contributed by atoms with Crippen molar-refractivity contribution in [3.8, 4) is 56.9 Å². The first-order chi connectivity index (χ1) is 41.0. The molecule has 0 atom stereocenters. The normalized spacial score (nSPS) is 12.4. The van der Waals surface area contributed by atoms with E-state index in [1.807, 2.05) is 50.4 Å². The minimum atomic E-state index is -3.32. The van der Waals surface area contributed by atoms with Crippen LogP contribution in [0.5, 0.6) is 0 Å². The predicted molar refractivity (Wildman–Crippen MR) is 366 cm³/mol. The van der Waals surface area contributed by atoms with Gasteiger partial charge in [0.15, 0.2) is 0 Å². The van der Waals surface area contributed by atoms with E-state index in [1.54, 1.807) is 33.6 Å². The molecule has 5 aromatic heterocycles. The van der Waals surface area contributed by atoms with Crippen molar-refractivity contribution in [2.75, 3.05) is 32.5 Å². The zero-order valence-corrected chi connectivity index (χ0v) is 56.7. The highest BCUT2D eigenvalue weighted by Crippen LogP contribution is 2.49. The fraction of sp³-hybridized carbons (Fsp3) is 0.375. The Bertz CT molecular complexity index is 3920. The fourth-order valence-corrected chi connectivity index (χ4v) is 19.0. The Morgan fingerprint density at radius 2 is 1.08 bits per heavy atom. The minimum absolute atomic E-state index is 0.0108. The molecule has 1 amide bonds. The van der Waals surface area contributed by atoms with Crippen molar-refractivity contribution in [2.24, 2.45) is 0 Å². The molecular weight excluding hydrogens is 1160 g/mol. The number of amides is 1. The average molecular weight is 1240 g/mol. The maximum atomic E-state index is 14.5. The van der Waals surface area contributed by atoms with E-state index < -0.39 is 14.8 Å². The van der Waals surface area contributed by atoms with Crippen LogP contribution in [-0.4, -0.2) is 67.8 Å². The lowest BCUT2D eigenvalue weighted by molar-refractivity contribution is -0.137. The van der Waals surface area contributed by atoms with Crippen molar-refractivity contribution in [3.63, 3.8) is 0 Å². The van der Waals surface area contributed by atoms with Gasteiger partial charge in [-0.1, -0.05) is 121 Å². The van der Waals surface area contributed by atoms with Crippen molar-refractivity contribution in [3.05, 3.63) is 159 Å². The molecule has 0 bridgehead atoms. The maximum Gasteiger partial charge on any atom is 0.521 e. The number of rotatable bonds is 25. The van der Waals surface area contributed by atoms with E-state index in [-0.39, 0.29) is 34.9 Å². The molecule has 0 aliphatic carbocycles. The number of aryl methyl sites for hydroxylation is 4. The summed E-state index contributed by atoms with van der Waals surface area (Å²) in [7, 11) is -3.32. The first kappa shape index (κ1) is 64.2. The molecule has 0 radical (unpaired) electrons. The molecule has 0 aliphatic heterocycles. The number of hydrogen-bond donors (Lipinski definition) is 1. The van der Waals surface area contributed by atoms with Gasteiger partial charge in [0.1, 0.15) is 11.6 Å². The summed E-state index contributed by atoms with van der Waals surface area (Å²) < 4.78 is 21.0. The van der Waals surface area contributed by atoms with Crippen LogP contribution >= 0.6 is 45.3 Å². The lowest BCUT2D eigenvalue weighted by Crippen LogP contribution is -2.57. The lowest BCUT2D eigenvalue weighted by atomic mass is 9.79. The SMILES string of the molecule is CCO[Si](CN(CCCCCCCC(=O)O)C(=O)/C(C#N)=C/c1sc(-c2sc(-c3sc(-c4sc(-c5ccc6c(c5)c5cc(-c7cc(C(C)(C)C)cc(C(C)(C)C)c7)ccc5n6Cc5ccccc5)cc4C)cc3C)cc2C)cc1C)(OCC)OCC. The minimum Gasteiger partial charge on any atom is -0.481 e. The fourth-order valence-electron chi connectivity index (χ4n) is 11.3. The Balaban J connectivity index is 0.997. The van der Waals surface area contributed by atoms with E-state index >= 15 is 0 Å². The summed E-state index contributed by atoms with van der Waals surface area (Å²) in [5, 5.41) is 22.2. The lowest BCUT2D eigenvalue weighted by Gasteiger charge is -2.33. The van der Waals surface area contributed by atoms with Gasteiger partial charge < -0.3 is 27.9 Å². The molecule has 0 saturated heterocycles. The number of carboxylic acids is 1. The molecule has 0 spiro atoms. The van der Waals surface area contributed by atoms with Gasteiger partial charge in [-0.15, -0.1) is 45.3 Å². The van der Waals surface area contributed by atoms with Crippen LogP contribution in [0.15, 0.2) is 115 Å². The topological polar surface area (TPSA) is 114 Å². The molecule has 9 nitrogen and oxygen atoms in total.